The van der Waals surface area contributed by atoms with E-state index in [-0.39, 0.29) is 6.10 Å². The molecule has 0 fully saturated rings. The summed E-state index contributed by atoms with van der Waals surface area (Å²) in [6.45, 7) is 6.22. The number of halogens is 1. The highest BCUT2D eigenvalue weighted by molar-refractivity contribution is 6.17. The minimum Gasteiger partial charge on any atom is -0.388 e. The van der Waals surface area contributed by atoms with Gasteiger partial charge in [0.15, 0.2) is 0 Å². The first-order chi connectivity index (χ1) is 7.06. The molecule has 0 saturated carbocycles. The maximum atomic E-state index is 9.99. The summed E-state index contributed by atoms with van der Waals surface area (Å²) in [5.74, 6) is 0.612. The van der Waals surface area contributed by atoms with Crippen molar-refractivity contribution in [2.75, 3.05) is 5.88 Å². The van der Waals surface area contributed by atoms with Crippen LogP contribution in [0.1, 0.15) is 41.2 Å². The number of hydrogen-bond donors (Lipinski definition) is 1. The molecule has 0 aliphatic rings. The van der Waals surface area contributed by atoms with Crippen molar-refractivity contribution >= 4 is 11.6 Å². The smallest absolute Gasteiger partial charge is 0.0793 e. The average Bonchev–Trinajstić information content (AvgIpc) is 2.20. The Morgan fingerprint density at radius 2 is 1.73 bits per heavy atom. The van der Waals surface area contributed by atoms with Gasteiger partial charge in [-0.15, -0.1) is 11.6 Å². The normalized spacial score (nSPS) is 12.9. The third-order valence-corrected chi connectivity index (χ3v) is 3.12. The Morgan fingerprint density at radius 1 is 1.13 bits per heavy atom. The molecule has 0 aliphatic heterocycles. The summed E-state index contributed by atoms with van der Waals surface area (Å²) in [4.78, 5) is 0. The molecule has 1 rings (SSSR count). The minimum absolute atomic E-state index is 0.372. The van der Waals surface area contributed by atoms with Crippen molar-refractivity contribution in [1.29, 1.82) is 0 Å². The van der Waals surface area contributed by atoms with Gasteiger partial charge in [0.1, 0.15) is 0 Å². The summed E-state index contributed by atoms with van der Waals surface area (Å²) < 4.78 is 0. The van der Waals surface area contributed by atoms with E-state index in [0.29, 0.717) is 5.88 Å². The van der Waals surface area contributed by atoms with Crippen LogP contribution in [0.5, 0.6) is 0 Å². The summed E-state index contributed by atoms with van der Waals surface area (Å²) in [6, 6.07) is 4.22. The van der Waals surface area contributed by atoms with Crippen molar-refractivity contribution in [1.82, 2.24) is 0 Å². The Morgan fingerprint density at radius 3 is 2.33 bits per heavy atom. The molecule has 1 aromatic rings. The fourth-order valence-corrected chi connectivity index (χ4v) is 1.92. The van der Waals surface area contributed by atoms with Crippen molar-refractivity contribution in [3.63, 3.8) is 0 Å². The first-order valence-corrected chi connectivity index (χ1v) is 5.91. The summed E-state index contributed by atoms with van der Waals surface area (Å²) in [5.41, 5.74) is 4.73. The molecular weight excluding hydrogens is 208 g/mol. The maximum absolute atomic E-state index is 9.99. The fraction of sp³-hybridized carbons (Fsp3) is 0.538. The summed E-state index contributed by atoms with van der Waals surface area (Å²) in [7, 11) is 0. The first-order valence-electron chi connectivity index (χ1n) is 5.38. The Hall–Kier alpha value is -0.530. The number of aliphatic hydroxyl groups excluding tert-OH is 1. The molecule has 0 heterocycles. The molecule has 1 nitrogen and oxygen atoms in total. The molecule has 2 heteroatoms. The number of aliphatic hydroxyl groups is 1. The van der Waals surface area contributed by atoms with Gasteiger partial charge < -0.3 is 5.11 Å². The topological polar surface area (TPSA) is 20.2 Å². The molecule has 0 spiro atoms. The second-order valence-corrected chi connectivity index (χ2v) is 4.52. The van der Waals surface area contributed by atoms with Crippen LogP contribution in [0.2, 0.25) is 0 Å². The van der Waals surface area contributed by atoms with Gasteiger partial charge in [0.2, 0.25) is 0 Å². The van der Waals surface area contributed by atoms with Crippen molar-refractivity contribution in [2.24, 2.45) is 0 Å². The third kappa shape index (κ3) is 3.22. The Labute approximate surface area is 97.1 Å². The standard InChI is InChI=1S/C13H19ClO/c1-9-7-11(3)12(8-10(9)2)13(15)5-4-6-14/h7-8,13,15H,4-6H2,1-3H3. The van der Waals surface area contributed by atoms with Gasteiger partial charge in [-0.25, -0.2) is 0 Å². The van der Waals surface area contributed by atoms with Gasteiger partial charge in [-0.3, -0.25) is 0 Å². The lowest BCUT2D eigenvalue weighted by Gasteiger charge is -2.15. The van der Waals surface area contributed by atoms with E-state index >= 15 is 0 Å². The van der Waals surface area contributed by atoms with E-state index in [0.717, 1.165) is 18.4 Å². The van der Waals surface area contributed by atoms with Gasteiger partial charge in [-0.05, 0) is 55.9 Å². The van der Waals surface area contributed by atoms with Crippen LogP contribution in [0.25, 0.3) is 0 Å². The second kappa shape index (κ2) is 5.53. The van der Waals surface area contributed by atoms with Crippen LogP contribution in [-0.2, 0) is 0 Å². The van der Waals surface area contributed by atoms with Gasteiger partial charge in [0.25, 0.3) is 0 Å². The SMILES string of the molecule is Cc1cc(C)c(C(O)CCCCl)cc1C. The van der Waals surface area contributed by atoms with E-state index < -0.39 is 0 Å². The summed E-state index contributed by atoms with van der Waals surface area (Å²) in [6.07, 6.45) is 1.23. The molecule has 0 aliphatic carbocycles. The number of hydrogen-bond acceptors (Lipinski definition) is 1. The van der Waals surface area contributed by atoms with Crippen LogP contribution in [0.3, 0.4) is 0 Å². The lowest BCUT2D eigenvalue weighted by atomic mass is 9.95. The first kappa shape index (κ1) is 12.5. The molecule has 1 unspecified atom stereocenters. The highest BCUT2D eigenvalue weighted by Gasteiger charge is 2.11. The molecule has 0 aromatic heterocycles. The Kier molecular flexibility index (Phi) is 4.62. The monoisotopic (exact) mass is 226 g/mol. The van der Waals surface area contributed by atoms with Crippen molar-refractivity contribution < 1.29 is 5.11 Å². The largest absolute Gasteiger partial charge is 0.388 e. The van der Waals surface area contributed by atoms with Gasteiger partial charge in [-0.2, -0.15) is 0 Å². The predicted octanol–water partition coefficient (Wildman–Crippen LogP) is 3.66. The Balaban J connectivity index is 2.88. The molecule has 1 aromatic carbocycles. The van der Waals surface area contributed by atoms with Crippen LogP contribution in [0.4, 0.5) is 0 Å². The molecule has 1 atom stereocenters. The zero-order chi connectivity index (χ0) is 11.4. The molecule has 0 amide bonds. The van der Waals surface area contributed by atoms with Crippen LogP contribution >= 0.6 is 11.6 Å². The van der Waals surface area contributed by atoms with E-state index in [1.54, 1.807) is 0 Å². The third-order valence-electron chi connectivity index (χ3n) is 2.85. The van der Waals surface area contributed by atoms with Gasteiger partial charge in [-0.1, -0.05) is 12.1 Å². The molecular formula is C13H19ClO. The number of benzene rings is 1. The lowest BCUT2D eigenvalue weighted by molar-refractivity contribution is 0.166. The highest BCUT2D eigenvalue weighted by atomic mass is 35.5. The average molecular weight is 227 g/mol. The van der Waals surface area contributed by atoms with E-state index in [2.05, 4.69) is 26.0 Å². The fourth-order valence-electron chi connectivity index (χ4n) is 1.77. The molecule has 84 valence electrons. The second-order valence-electron chi connectivity index (χ2n) is 4.14. The number of aryl methyl sites for hydroxylation is 3. The van der Waals surface area contributed by atoms with E-state index in [1.165, 1.54) is 16.7 Å². The van der Waals surface area contributed by atoms with Crippen LogP contribution in [-0.4, -0.2) is 11.0 Å². The molecule has 0 bridgehead atoms. The Bertz CT molecular complexity index is 334. The van der Waals surface area contributed by atoms with Gasteiger partial charge >= 0.3 is 0 Å². The van der Waals surface area contributed by atoms with Crippen LogP contribution < -0.4 is 0 Å². The quantitative estimate of drug-likeness (QED) is 0.777. The van der Waals surface area contributed by atoms with Gasteiger partial charge in [0.05, 0.1) is 6.10 Å². The summed E-state index contributed by atoms with van der Waals surface area (Å²) >= 11 is 5.62. The van der Waals surface area contributed by atoms with E-state index in [9.17, 15) is 5.11 Å². The highest BCUT2D eigenvalue weighted by Crippen LogP contribution is 2.24. The maximum Gasteiger partial charge on any atom is 0.0793 e. The minimum atomic E-state index is -0.372. The van der Waals surface area contributed by atoms with Crippen molar-refractivity contribution in [3.8, 4) is 0 Å². The van der Waals surface area contributed by atoms with Crippen molar-refractivity contribution in [2.45, 2.75) is 39.7 Å². The lowest BCUT2D eigenvalue weighted by Crippen LogP contribution is -2.02. The number of rotatable bonds is 4. The van der Waals surface area contributed by atoms with E-state index in [4.69, 9.17) is 11.6 Å². The van der Waals surface area contributed by atoms with Crippen LogP contribution in [0.15, 0.2) is 12.1 Å². The van der Waals surface area contributed by atoms with Crippen molar-refractivity contribution in [3.05, 3.63) is 34.4 Å². The van der Waals surface area contributed by atoms with Gasteiger partial charge in [0, 0.05) is 5.88 Å². The summed E-state index contributed by atoms with van der Waals surface area (Å²) in [5, 5.41) is 9.99. The zero-order valence-corrected chi connectivity index (χ0v) is 10.4. The zero-order valence-electron chi connectivity index (χ0n) is 9.68. The molecule has 15 heavy (non-hydrogen) atoms. The van der Waals surface area contributed by atoms with E-state index in [1.807, 2.05) is 6.92 Å². The molecule has 0 saturated heterocycles. The van der Waals surface area contributed by atoms with Crippen LogP contribution in [0, 0.1) is 20.8 Å². The number of alkyl halides is 1. The predicted molar refractivity (Wildman–Crippen MR) is 65.6 cm³/mol. The molecule has 1 N–H and O–H groups in total. The molecule has 0 radical (unpaired) electrons.